The minimum Gasteiger partial charge on any atom is -0.368 e. The van der Waals surface area contributed by atoms with Crippen molar-refractivity contribution < 1.29 is 9.59 Å². The van der Waals surface area contributed by atoms with Crippen LogP contribution in [0.5, 0.6) is 0 Å². The fourth-order valence-corrected chi connectivity index (χ4v) is 2.64. The Kier molecular flexibility index (Phi) is 6.90. The quantitative estimate of drug-likeness (QED) is 0.833. The molecule has 6 heteroatoms. The maximum atomic E-state index is 12.1. The Labute approximate surface area is 144 Å². The summed E-state index contributed by atoms with van der Waals surface area (Å²) < 4.78 is 0. The molecule has 132 valence electrons. The number of hydrogen-bond acceptors (Lipinski definition) is 3. The number of para-hydroxylation sites is 1. The molecule has 0 radical (unpaired) electrons. The second-order valence-electron chi connectivity index (χ2n) is 6.50. The molecule has 1 aliphatic heterocycles. The van der Waals surface area contributed by atoms with Crippen LogP contribution in [-0.4, -0.2) is 56.1 Å². The van der Waals surface area contributed by atoms with Gasteiger partial charge in [-0.15, -0.1) is 0 Å². The van der Waals surface area contributed by atoms with Crippen molar-refractivity contribution in [1.82, 2.24) is 15.5 Å². The summed E-state index contributed by atoms with van der Waals surface area (Å²) in [5.74, 6) is 0.424. The van der Waals surface area contributed by atoms with Crippen LogP contribution in [-0.2, 0) is 4.79 Å². The first-order chi connectivity index (χ1) is 11.6. The predicted molar refractivity (Wildman–Crippen MR) is 96.1 cm³/mol. The van der Waals surface area contributed by atoms with Gasteiger partial charge in [-0.2, -0.15) is 0 Å². The summed E-state index contributed by atoms with van der Waals surface area (Å²) in [7, 11) is 0. The first kappa shape index (κ1) is 18.1. The SMILES string of the molecule is CC(C)CCNC(=O)CNC(=O)N1CCN(c2ccccc2)CC1. The molecular weight excluding hydrogens is 304 g/mol. The Balaban J connectivity index is 1.66. The van der Waals surface area contributed by atoms with Crippen LogP contribution < -0.4 is 15.5 Å². The minimum absolute atomic E-state index is 0.0375. The van der Waals surface area contributed by atoms with Gasteiger partial charge in [0.2, 0.25) is 5.91 Å². The van der Waals surface area contributed by atoms with Crippen LogP contribution in [0.4, 0.5) is 10.5 Å². The fraction of sp³-hybridized carbons (Fsp3) is 0.556. The van der Waals surface area contributed by atoms with Crippen LogP contribution in [0.15, 0.2) is 30.3 Å². The molecule has 1 aromatic rings. The minimum atomic E-state index is -0.165. The highest BCUT2D eigenvalue weighted by molar-refractivity contribution is 5.84. The number of nitrogens with zero attached hydrogens (tertiary/aromatic N) is 2. The Bertz CT molecular complexity index is 525. The summed E-state index contributed by atoms with van der Waals surface area (Å²) in [5, 5.41) is 5.52. The van der Waals surface area contributed by atoms with Gasteiger partial charge in [0.25, 0.3) is 0 Å². The Hall–Kier alpha value is -2.24. The van der Waals surface area contributed by atoms with Crippen LogP contribution in [0.2, 0.25) is 0 Å². The van der Waals surface area contributed by atoms with Crippen LogP contribution in [0, 0.1) is 5.92 Å². The number of carbonyl (C=O) groups is 2. The number of piperazine rings is 1. The van der Waals surface area contributed by atoms with Gasteiger partial charge in [0, 0.05) is 38.4 Å². The molecule has 0 aromatic heterocycles. The number of urea groups is 1. The van der Waals surface area contributed by atoms with E-state index in [0.29, 0.717) is 25.6 Å². The van der Waals surface area contributed by atoms with Gasteiger partial charge in [-0.1, -0.05) is 32.0 Å². The third kappa shape index (κ3) is 5.76. The van der Waals surface area contributed by atoms with Gasteiger partial charge in [-0.25, -0.2) is 4.79 Å². The van der Waals surface area contributed by atoms with E-state index in [-0.39, 0.29) is 18.5 Å². The lowest BCUT2D eigenvalue weighted by Gasteiger charge is -2.36. The van der Waals surface area contributed by atoms with Gasteiger partial charge in [-0.05, 0) is 24.5 Å². The van der Waals surface area contributed by atoms with E-state index in [1.165, 1.54) is 5.69 Å². The normalized spacial score (nSPS) is 14.6. The number of amides is 3. The first-order valence-corrected chi connectivity index (χ1v) is 8.65. The van der Waals surface area contributed by atoms with E-state index in [2.05, 4.69) is 41.5 Å². The first-order valence-electron chi connectivity index (χ1n) is 8.65. The molecule has 24 heavy (non-hydrogen) atoms. The zero-order chi connectivity index (χ0) is 17.4. The molecule has 3 amide bonds. The molecule has 1 saturated heterocycles. The lowest BCUT2D eigenvalue weighted by atomic mass is 10.1. The van der Waals surface area contributed by atoms with Gasteiger partial charge >= 0.3 is 6.03 Å². The van der Waals surface area contributed by atoms with Crippen molar-refractivity contribution in [3.05, 3.63) is 30.3 Å². The molecule has 0 atom stereocenters. The van der Waals surface area contributed by atoms with Gasteiger partial charge in [-0.3, -0.25) is 4.79 Å². The number of benzene rings is 1. The average Bonchev–Trinajstić information content (AvgIpc) is 2.60. The standard InChI is InChI=1S/C18H28N4O2/c1-15(2)8-9-19-17(23)14-20-18(24)22-12-10-21(11-13-22)16-6-4-3-5-7-16/h3-7,15H,8-14H2,1-2H3,(H,19,23)(H,20,24). The van der Waals surface area contributed by atoms with Gasteiger partial charge < -0.3 is 20.4 Å². The molecule has 0 spiro atoms. The summed E-state index contributed by atoms with van der Waals surface area (Å²) >= 11 is 0. The molecule has 0 saturated carbocycles. The molecule has 1 fully saturated rings. The molecule has 0 aliphatic carbocycles. The smallest absolute Gasteiger partial charge is 0.317 e. The highest BCUT2D eigenvalue weighted by atomic mass is 16.2. The number of hydrogen-bond donors (Lipinski definition) is 2. The second kappa shape index (κ2) is 9.15. The lowest BCUT2D eigenvalue weighted by Crippen LogP contribution is -2.53. The zero-order valence-electron chi connectivity index (χ0n) is 14.6. The molecular formula is C18H28N4O2. The van der Waals surface area contributed by atoms with E-state index in [9.17, 15) is 9.59 Å². The molecule has 1 aliphatic rings. The van der Waals surface area contributed by atoms with E-state index in [4.69, 9.17) is 0 Å². The van der Waals surface area contributed by atoms with Crippen LogP contribution in [0.1, 0.15) is 20.3 Å². The largest absolute Gasteiger partial charge is 0.368 e. The van der Waals surface area contributed by atoms with Crippen molar-refractivity contribution in [2.45, 2.75) is 20.3 Å². The highest BCUT2D eigenvalue weighted by Crippen LogP contribution is 2.15. The van der Waals surface area contributed by atoms with Crippen molar-refractivity contribution in [3.63, 3.8) is 0 Å². The molecule has 2 rings (SSSR count). The van der Waals surface area contributed by atoms with E-state index in [1.54, 1.807) is 4.90 Å². The summed E-state index contributed by atoms with van der Waals surface area (Å²) in [5.41, 5.74) is 1.18. The number of nitrogens with one attached hydrogen (secondary N) is 2. The molecule has 6 nitrogen and oxygen atoms in total. The molecule has 1 aromatic carbocycles. The Morgan fingerprint density at radius 3 is 2.33 bits per heavy atom. The third-order valence-corrected chi connectivity index (χ3v) is 4.13. The summed E-state index contributed by atoms with van der Waals surface area (Å²) in [6.45, 7) is 7.85. The maximum Gasteiger partial charge on any atom is 0.317 e. The predicted octanol–water partition coefficient (Wildman–Crippen LogP) is 1.68. The number of carbonyl (C=O) groups excluding carboxylic acids is 2. The van der Waals surface area contributed by atoms with Crippen LogP contribution in [0.3, 0.4) is 0 Å². The second-order valence-corrected chi connectivity index (χ2v) is 6.50. The number of rotatable bonds is 6. The van der Waals surface area contributed by atoms with E-state index in [1.807, 2.05) is 18.2 Å². The van der Waals surface area contributed by atoms with Crippen molar-refractivity contribution in [1.29, 1.82) is 0 Å². The Morgan fingerprint density at radius 2 is 1.71 bits per heavy atom. The fourth-order valence-electron chi connectivity index (χ4n) is 2.64. The lowest BCUT2D eigenvalue weighted by molar-refractivity contribution is -0.120. The molecule has 0 bridgehead atoms. The highest BCUT2D eigenvalue weighted by Gasteiger charge is 2.21. The topological polar surface area (TPSA) is 64.7 Å². The average molecular weight is 332 g/mol. The summed E-state index contributed by atoms with van der Waals surface area (Å²) in [4.78, 5) is 27.9. The zero-order valence-corrected chi connectivity index (χ0v) is 14.6. The molecule has 2 N–H and O–H groups in total. The van der Waals surface area contributed by atoms with E-state index < -0.39 is 0 Å². The van der Waals surface area contributed by atoms with Crippen LogP contribution >= 0.6 is 0 Å². The van der Waals surface area contributed by atoms with Gasteiger partial charge in [0.1, 0.15) is 0 Å². The monoisotopic (exact) mass is 332 g/mol. The van der Waals surface area contributed by atoms with Crippen molar-refractivity contribution in [2.75, 3.05) is 44.2 Å². The Morgan fingerprint density at radius 1 is 1.04 bits per heavy atom. The van der Waals surface area contributed by atoms with E-state index >= 15 is 0 Å². The summed E-state index contributed by atoms with van der Waals surface area (Å²) in [6, 6.07) is 10.0. The van der Waals surface area contributed by atoms with Crippen LogP contribution in [0.25, 0.3) is 0 Å². The van der Waals surface area contributed by atoms with E-state index in [0.717, 1.165) is 19.5 Å². The molecule has 1 heterocycles. The molecule has 0 unspecified atom stereocenters. The van der Waals surface area contributed by atoms with Crippen molar-refractivity contribution in [3.8, 4) is 0 Å². The third-order valence-electron chi connectivity index (χ3n) is 4.13. The van der Waals surface area contributed by atoms with Gasteiger partial charge in [0.15, 0.2) is 0 Å². The van der Waals surface area contributed by atoms with Crippen molar-refractivity contribution >= 4 is 17.6 Å². The maximum absolute atomic E-state index is 12.1. The summed E-state index contributed by atoms with van der Waals surface area (Å²) in [6.07, 6.45) is 0.946. The van der Waals surface area contributed by atoms with Crippen molar-refractivity contribution in [2.24, 2.45) is 5.92 Å². The number of anilines is 1. The van der Waals surface area contributed by atoms with Gasteiger partial charge in [0.05, 0.1) is 6.54 Å².